The van der Waals surface area contributed by atoms with Crippen LogP contribution in [0, 0.1) is 0 Å². The Morgan fingerprint density at radius 2 is 1.85 bits per heavy atom. The Hall–Kier alpha value is -2.93. The number of carbonyl (C=O) groups is 2. The summed E-state index contributed by atoms with van der Waals surface area (Å²) in [5, 5.41) is 22.0. The van der Waals surface area contributed by atoms with Gasteiger partial charge >= 0.3 is 5.97 Å². The van der Waals surface area contributed by atoms with E-state index in [1.165, 1.54) is 23.5 Å². The van der Waals surface area contributed by atoms with Crippen LogP contribution in [0.25, 0.3) is 10.2 Å². The number of fused-ring (bicyclic) bond motifs is 1. The van der Waals surface area contributed by atoms with Crippen molar-refractivity contribution in [1.82, 2.24) is 10.3 Å². The maximum atomic E-state index is 12.2. The molecule has 1 heterocycles. The molecule has 0 fully saturated rings. The zero-order valence-electron chi connectivity index (χ0n) is 13.9. The van der Waals surface area contributed by atoms with Gasteiger partial charge in [0.15, 0.2) is 0 Å². The molecule has 1 aromatic heterocycles. The van der Waals surface area contributed by atoms with Crippen molar-refractivity contribution in [2.24, 2.45) is 0 Å². The number of nitrogens with one attached hydrogen (secondary N) is 1. The minimum atomic E-state index is -1.09. The van der Waals surface area contributed by atoms with Crippen LogP contribution in [0.4, 0.5) is 0 Å². The van der Waals surface area contributed by atoms with E-state index in [1.807, 2.05) is 24.3 Å². The molecule has 26 heavy (non-hydrogen) atoms. The van der Waals surface area contributed by atoms with Gasteiger partial charge in [0.1, 0.15) is 11.8 Å². The number of aryl methyl sites for hydroxylation is 1. The van der Waals surface area contributed by atoms with Crippen molar-refractivity contribution < 1.29 is 19.8 Å². The Bertz CT molecular complexity index is 888. The zero-order valence-corrected chi connectivity index (χ0v) is 14.7. The van der Waals surface area contributed by atoms with Crippen LogP contribution in [0.15, 0.2) is 48.5 Å². The van der Waals surface area contributed by atoms with E-state index in [2.05, 4.69) is 10.3 Å². The van der Waals surface area contributed by atoms with E-state index in [1.54, 1.807) is 12.1 Å². The number of amides is 1. The fourth-order valence-electron chi connectivity index (χ4n) is 2.58. The number of para-hydroxylation sites is 1. The number of nitrogens with zero attached hydrogens (tertiary/aromatic N) is 1. The topological polar surface area (TPSA) is 99.5 Å². The van der Waals surface area contributed by atoms with E-state index in [-0.39, 0.29) is 24.5 Å². The third-order valence-corrected chi connectivity index (χ3v) is 5.01. The Morgan fingerprint density at radius 1 is 1.12 bits per heavy atom. The first-order chi connectivity index (χ1) is 12.5. The molecule has 0 aliphatic carbocycles. The van der Waals surface area contributed by atoms with Crippen molar-refractivity contribution in [2.45, 2.75) is 25.3 Å². The highest BCUT2D eigenvalue weighted by molar-refractivity contribution is 7.18. The average Bonchev–Trinajstić information content (AvgIpc) is 3.04. The Labute approximate surface area is 154 Å². The van der Waals surface area contributed by atoms with Gasteiger partial charge in [0.05, 0.1) is 15.2 Å². The molecule has 0 unspecified atom stereocenters. The lowest BCUT2D eigenvalue weighted by atomic mass is 10.1. The minimum Gasteiger partial charge on any atom is -0.508 e. The van der Waals surface area contributed by atoms with Crippen molar-refractivity contribution in [2.75, 3.05) is 0 Å². The third kappa shape index (κ3) is 4.58. The third-order valence-electron chi connectivity index (χ3n) is 3.91. The van der Waals surface area contributed by atoms with Crippen molar-refractivity contribution in [3.63, 3.8) is 0 Å². The molecule has 0 spiro atoms. The van der Waals surface area contributed by atoms with Crippen molar-refractivity contribution in [1.29, 1.82) is 0 Å². The zero-order chi connectivity index (χ0) is 18.5. The number of hydrogen-bond donors (Lipinski definition) is 3. The van der Waals surface area contributed by atoms with Gasteiger partial charge in [0.25, 0.3) is 0 Å². The van der Waals surface area contributed by atoms with Gasteiger partial charge < -0.3 is 15.5 Å². The highest BCUT2D eigenvalue weighted by atomic mass is 32.1. The second-order valence-electron chi connectivity index (χ2n) is 5.90. The van der Waals surface area contributed by atoms with Crippen molar-refractivity contribution in [3.05, 3.63) is 59.1 Å². The summed E-state index contributed by atoms with van der Waals surface area (Å²) in [6.07, 6.45) is 0.804. The van der Waals surface area contributed by atoms with Gasteiger partial charge in [-0.2, -0.15) is 0 Å². The number of carboxylic acid groups (broad SMARTS) is 1. The summed E-state index contributed by atoms with van der Waals surface area (Å²) in [4.78, 5) is 28.1. The normalized spacial score (nSPS) is 12.0. The predicted molar refractivity (Wildman–Crippen MR) is 99.3 cm³/mol. The standard InChI is InChI=1S/C19H18N2O4S/c22-13-7-5-12(6-8-13)11-15(19(24)25)20-17(23)9-10-18-21-14-3-1-2-4-16(14)26-18/h1-8,15,22H,9-11H2,(H,20,23)(H,24,25)/t15-/m0/s1. The van der Waals surface area contributed by atoms with E-state index in [9.17, 15) is 19.8 Å². The highest BCUT2D eigenvalue weighted by Crippen LogP contribution is 2.22. The van der Waals surface area contributed by atoms with E-state index < -0.39 is 12.0 Å². The fraction of sp³-hybridized carbons (Fsp3) is 0.211. The molecule has 0 radical (unpaired) electrons. The number of aromatic hydroxyl groups is 1. The molecule has 1 amide bonds. The SMILES string of the molecule is O=C(CCc1nc2ccccc2s1)N[C@@H](Cc1ccc(O)cc1)C(=O)O. The Balaban J connectivity index is 1.57. The lowest BCUT2D eigenvalue weighted by Gasteiger charge is -2.14. The summed E-state index contributed by atoms with van der Waals surface area (Å²) in [6.45, 7) is 0. The molecule has 0 saturated heterocycles. The van der Waals surface area contributed by atoms with Crippen LogP contribution < -0.4 is 5.32 Å². The molecule has 3 rings (SSSR count). The molecular formula is C19H18N2O4S. The molecule has 2 aromatic carbocycles. The number of rotatable bonds is 7. The average molecular weight is 370 g/mol. The number of phenolic OH excluding ortho intramolecular Hbond substituents is 1. The number of hydrogen-bond acceptors (Lipinski definition) is 5. The van der Waals surface area contributed by atoms with Gasteiger partial charge in [-0.3, -0.25) is 4.79 Å². The number of benzene rings is 2. The van der Waals surface area contributed by atoms with Crippen LogP contribution >= 0.6 is 11.3 Å². The summed E-state index contributed by atoms with van der Waals surface area (Å²) < 4.78 is 1.07. The van der Waals surface area contributed by atoms with Crippen LogP contribution in [0.1, 0.15) is 17.0 Å². The van der Waals surface area contributed by atoms with E-state index in [0.717, 1.165) is 20.8 Å². The lowest BCUT2D eigenvalue weighted by molar-refractivity contribution is -0.141. The summed E-state index contributed by atoms with van der Waals surface area (Å²) in [7, 11) is 0. The molecule has 3 aromatic rings. The quantitative estimate of drug-likeness (QED) is 0.594. The molecule has 3 N–H and O–H groups in total. The van der Waals surface area contributed by atoms with E-state index in [4.69, 9.17) is 0 Å². The minimum absolute atomic E-state index is 0.112. The Kier molecular flexibility index (Phi) is 5.48. The summed E-state index contributed by atoms with van der Waals surface area (Å²) in [6, 6.07) is 13.0. The second-order valence-corrected chi connectivity index (χ2v) is 7.02. The van der Waals surface area contributed by atoms with Crippen LogP contribution in [-0.2, 0) is 22.4 Å². The van der Waals surface area contributed by atoms with E-state index >= 15 is 0 Å². The number of phenols is 1. The molecule has 0 aliphatic rings. The molecule has 0 aliphatic heterocycles. The van der Waals surface area contributed by atoms with Crippen LogP contribution in [0.5, 0.6) is 5.75 Å². The number of carbonyl (C=O) groups excluding carboxylic acids is 1. The van der Waals surface area contributed by atoms with Gasteiger partial charge in [-0.1, -0.05) is 24.3 Å². The molecule has 134 valence electrons. The molecule has 7 heteroatoms. The van der Waals surface area contributed by atoms with Crippen LogP contribution in [0.2, 0.25) is 0 Å². The monoisotopic (exact) mass is 370 g/mol. The lowest BCUT2D eigenvalue weighted by Crippen LogP contribution is -2.42. The smallest absolute Gasteiger partial charge is 0.326 e. The van der Waals surface area contributed by atoms with Gasteiger partial charge in [-0.05, 0) is 29.8 Å². The fourth-order valence-corrected chi connectivity index (χ4v) is 3.55. The second kappa shape index (κ2) is 7.97. The Morgan fingerprint density at radius 3 is 2.54 bits per heavy atom. The van der Waals surface area contributed by atoms with E-state index in [0.29, 0.717) is 6.42 Å². The maximum absolute atomic E-state index is 12.2. The van der Waals surface area contributed by atoms with Gasteiger partial charge in [-0.25, -0.2) is 9.78 Å². The summed E-state index contributed by atoms with van der Waals surface area (Å²) >= 11 is 1.54. The van der Waals surface area contributed by atoms with Gasteiger partial charge in [-0.15, -0.1) is 11.3 Å². The predicted octanol–water partition coefficient (Wildman–Crippen LogP) is 2.75. The summed E-state index contributed by atoms with van der Waals surface area (Å²) in [5.74, 6) is -1.30. The first-order valence-corrected chi connectivity index (χ1v) is 8.97. The number of aliphatic carboxylic acids is 1. The van der Waals surface area contributed by atoms with Crippen LogP contribution in [0.3, 0.4) is 0 Å². The van der Waals surface area contributed by atoms with Gasteiger partial charge in [0.2, 0.25) is 5.91 Å². The largest absolute Gasteiger partial charge is 0.508 e. The number of carboxylic acids is 1. The number of thiazole rings is 1. The molecule has 0 bridgehead atoms. The van der Waals surface area contributed by atoms with Crippen molar-refractivity contribution >= 4 is 33.4 Å². The molecule has 6 nitrogen and oxygen atoms in total. The molecule has 0 saturated carbocycles. The molecular weight excluding hydrogens is 352 g/mol. The maximum Gasteiger partial charge on any atom is 0.326 e. The van der Waals surface area contributed by atoms with Crippen molar-refractivity contribution in [3.8, 4) is 5.75 Å². The first-order valence-electron chi connectivity index (χ1n) is 8.16. The van der Waals surface area contributed by atoms with Crippen LogP contribution in [-0.4, -0.2) is 33.1 Å². The number of aromatic nitrogens is 1. The first kappa shape index (κ1) is 17.9. The summed E-state index contributed by atoms with van der Waals surface area (Å²) in [5.41, 5.74) is 1.63. The van der Waals surface area contributed by atoms with Gasteiger partial charge in [0, 0.05) is 19.3 Å². The molecule has 1 atom stereocenters. The highest BCUT2D eigenvalue weighted by Gasteiger charge is 2.20.